The molecule has 3 heterocycles. The van der Waals surface area contributed by atoms with Crippen LogP contribution in [-0.4, -0.2) is 38.2 Å². The van der Waals surface area contributed by atoms with Gasteiger partial charge < -0.3 is 9.67 Å². The first-order valence-corrected chi connectivity index (χ1v) is 11.2. The largest absolute Gasteiger partial charge is 0.478 e. The minimum absolute atomic E-state index is 0.0518. The van der Waals surface area contributed by atoms with Crippen LogP contribution in [0.15, 0.2) is 11.0 Å². The fourth-order valence-electron chi connectivity index (χ4n) is 4.04. The highest BCUT2D eigenvalue weighted by Gasteiger charge is 2.35. The summed E-state index contributed by atoms with van der Waals surface area (Å²) in [5.41, 5.74) is 3.83. The molecule has 0 unspecified atom stereocenters. The summed E-state index contributed by atoms with van der Waals surface area (Å²) in [7, 11) is 0. The average Bonchev–Trinajstić information content (AvgIpc) is 3.29. The molecule has 0 spiro atoms. The first kappa shape index (κ1) is 20.5. The number of imide groups is 1. The molecular weight excluding hydrogens is 420 g/mol. The highest BCUT2D eigenvalue weighted by atomic mass is 32.2. The number of hydrogen-bond donors (Lipinski definition) is 1. The molecule has 8 heteroatoms. The third kappa shape index (κ3) is 3.28. The van der Waals surface area contributed by atoms with E-state index in [0.717, 1.165) is 69.7 Å². The van der Waals surface area contributed by atoms with E-state index in [0.29, 0.717) is 15.5 Å². The molecule has 4 rings (SSSR count). The number of aryl methyl sites for hydroxylation is 2. The Morgan fingerprint density at radius 3 is 2.73 bits per heavy atom. The number of rotatable bonds is 4. The van der Waals surface area contributed by atoms with Gasteiger partial charge in [-0.3, -0.25) is 14.5 Å². The number of hydrogen-bond acceptors (Lipinski definition) is 5. The lowest BCUT2D eigenvalue weighted by molar-refractivity contribution is -0.122. The first-order valence-electron chi connectivity index (χ1n) is 9.59. The summed E-state index contributed by atoms with van der Waals surface area (Å²) < 4.78 is 1.95. The van der Waals surface area contributed by atoms with E-state index in [9.17, 15) is 19.5 Å². The van der Waals surface area contributed by atoms with E-state index < -0.39 is 11.9 Å². The summed E-state index contributed by atoms with van der Waals surface area (Å²) in [5.74, 6) is 1.02. The van der Waals surface area contributed by atoms with Gasteiger partial charge in [-0.25, -0.2) is 4.79 Å². The fourth-order valence-corrected chi connectivity index (χ4v) is 6.37. The van der Waals surface area contributed by atoms with Crippen molar-refractivity contribution in [3.8, 4) is 17.3 Å². The smallest absolute Gasteiger partial charge is 0.339 e. The third-order valence-corrected chi connectivity index (χ3v) is 7.63. The lowest BCUT2D eigenvalue weighted by atomic mass is 9.95. The summed E-state index contributed by atoms with van der Waals surface area (Å²) >= 11 is 2.41. The van der Waals surface area contributed by atoms with Gasteiger partial charge in [0.25, 0.3) is 11.1 Å². The number of aromatic nitrogens is 1. The van der Waals surface area contributed by atoms with Crippen molar-refractivity contribution in [3.63, 3.8) is 0 Å². The van der Waals surface area contributed by atoms with Gasteiger partial charge in [0, 0.05) is 16.3 Å². The van der Waals surface area contributed by atoms with Crippen molar-refractivity contribution in [2.24, 2.45) is 0 Å². The van der Waals surface area contributed by atoms with Crippen LogP contribution in [0.1, 0.15) is 50.6 Å². The number of carboxylic acids is 1. The topological polar surface area (TPSA) is 79.6 Å². The number of thioether (sulfide) groups is 1. The molecule has 2 aliphatic rings. The van der Waals surface area contributed by atoms with Crippen LogP contribution >= 0.6 is 23.1 Å². The zero-order chi connectivity index (χ0) is 21.6. The quantitative estimate of drug-likeness (QED) is 0.563. The van der Waals surface area contributed by atoms with Crippen molar-refractivity contribution in [2.45, 2.75) is 39.5 Å². The van der Waals surface area contributed by atoms with E-state index in [-0.39, 0.29) is 11.8 Å². The molecule has 154 valence electrons. The second kappa shape index (κ2) is 7.82. The summed E-state index contributed by atoms with van der Waals surface area (Å²) in [6.07, 6.45) is 10.7. The maximum absolute atomic E-state index is 12.5. The van der Waals surface area contributed by atoms with Crippen LogP contribution in [0.5, 0.6) is 0 Å². The van der Waals surface area contributed by atoms with Gasteiger partial charge in [0.05, 0.1) is 17.0 Å². The molecule has 2 amide bonds. The van der Waals surface area contributed by atoms with Crippen LogP contribution in [0.25, 0.3) is 11.1 Å². The molecule has 6 nitrogen and oxygen atoms in total. The maximum atomic E-state index is 12.5. The number of nitrogens with zero attached hydrogens (tertiary/aromatic N) is 2. The number of carboxylic acid groups (broad SMARTS) is 1. The zero-order valence-electron chi connectivity index (χ0n) is 16.7. The summed E-state index contributed by atoms with van der Waals surface area (Å²) in [4.78, 5) is 39.2. The molecule has 30 heavy (non-hydrogen) atoms. The van der Waals surface area contributed by atoms with E-state index in [1.54, 1.807) is 17.4 Å². The predicted octanol–water partition coefficient (Wildman–Crippen LogP) is 4.40. The monoisotopic (exact) mass is 440 g/mol. The number of thiophene rings is 1. The van der Waals surface area contributed by atoms with Crippen LogP contribution in [0.4, 0.5) is 4.79 Å². The summed E-state index contributed by atoms with van der Waals surface area (Å²) in [6.45, 7) is 3.76. The summed E-state index contributed by atoms with van der Waals surface area (Å²) in [6, 6.07) is 1.91. The molecule has 1 saturated heterocycles. The van der Waals surface area contributed by atoms with Crippen molar-refractivity contribution in [2.75, 3.05) is 6.54 Å². The van der Waals surface area contributed by atoms with E-state index >= 15 is 0 Å². The van der Waals surface area contributed by atoms with E-state index in [4.69, 9.17) is 6.42 Å². The number of amides is 2. The minimum Gasteiger partial charge on any atom is -0.478 e. The predicted molar refractivity (Wildman–Crippen MR) is 118 cm³/mol. The van der Waals surface area contributed by atoms with Crippen molar-refractivity contribution in [1.29, 1.82) is 0 Å². The molecule has 0 radical (unpaired) electrons. The van der Waals surface area contributed by atoms with Gasteiger partial charge in [-0.1, -0.05) is 5.92 Å². The van der Waals surface area contributed by atoms with E-state index in [1.807, 2.05) is 24.5 Å². The Hall–Kier alpha value is -2.76. The molecule has 1 aliphatic heterocycles. The van der Waals surface area contributed by atoms with Crippen molar-refractivity contribution in [1.82, 2.24) is 9.47 Å². The number of carbonyl (C=O) groups excluding carboxylic acids is 2. The molecular formula is C22H20N2O4S2. The fraction of sp³-hybridized carbons (Fsp3) is 0.318. The molecule has 0 aromatic carbocycles. The molecule has 0 bridgehead atoms. The Morgan fingerprint density at radius 1 is 1.30 bits per heavy atom. The first-order chi connectivity index (χ1) is 14.3. The van der Waals surface area contributed by atoms with Crippen LogP contribution < -0.4 is 0 Å². The van der Waals surface area contributed by atoms with E-state index in [1.165, 1.54) is 0 Å². The van der Waals surface area contributed by atoms with Crippen molar-refractivity contribution in [3.05, 3.63) is 43.9 Å². The Labute approximate surface area is 182 Å². The Kier molecular flexibility index (Phi) is 5.35. The van der Waals surface area contributed by atoms with Gasteiger partial charge in [0.2, 0.25) is 0 Å². The van der Waals surface area contributed by atoms with Gasteiger partial charge in [-0.15, -0.1) is 17.8 Å². The lowest BCUT2D eigenvalue weighted by Gasteiger charge is -2.11. The number of fused-ring (bicyclic) bond motifs is 1. The SMILES string of the molecule is C#CCN1C(=O)SC(=Cc2cc(C)n(-c3sc4c(c3C(=O)O)CCCC4)c2C)C1=O. The van der Waals surface area contributed by atoms with Crippen LogP contribution in [-0.2, 0) is 17.6 Å². The standard InChI is InChI=1S/C22H20N2O4S2/c1-4-9-23-19(25)17(30-22(23)28)11-14-10-12(2)24(13(14)3)20-18(21(26)27)15-7-5-6-8-16(15)29-20/h1,10-11H,5-9H2,2-3H3,(H,26,27). The second-order valence-corrected chi connectivity index (χ2v) is 9.41. The number of carbonyl (C=O) groups is 3. The van der Waals surface area contributed by atoms with Gasteiger partial charge in [-0.05, 0) is 74.6 Å². The Balaban J connectivity index is 1.79. The molecule has 1 aliphatic carbocycles. The molecule has 1 N–H and O–H groups in total. The molecule has 0 saturated carbocycles. The van der Waals surface area contributed by atoms with Crippen molar-refractivity contribution >= 4 is 46.3 Å². The van der Waals surface area contributed by atoms with Gasteiger partial charge in [-0.2, -0.15) is 0 Å². The van der Waals surface area contributed by atoms with Gasteiger partial charge in [0.1, 0.15) is 5.00 Å². The minimum atomic E-state index is -0.908. The highest BCUT2D eigenvalue weighted by molar-refractivity contribution is 8.18. The maximum Gasteiger partial charge on any atom is 0.339 e. The van der Waals surface area contributed by atoms with Crippen LogP contribution in [0, 0.1) is 26.2 Å². The Morgan fingerprint density at radius 2 is 2.03 bits per heavy atom. The third-order valence-electron chi connectivity index (χ3n) is 5.45. The second-order valence-electron chi connectivity index (χ2n) is 7.33. The van der Waals surface area contributed by atoms with E-state index in [2.05, 4.69) is 5.92 Å². The zero-order valence-corrected chi connectivity index (χ0v) is 18.3. The molecule has 0 atom stereocenters. The number of terminal acetylenes is 1. The van der Waals surface area contributed by atoms with Gasteiger partial charge >= 0.3 is 5.97 Å². The molecule has 1 fully saturated rings. The van der Waals surface area contributed by atoms with Crippen LogP contribution in [0.3, 0.4) is 0 Å². The van der Waals surface area contributed by atoms with Crippen molar-refractivity contribution < 1.29 is 19.5 Å². The van der Waals surface area contributed by atoms with Gasteiger partial charge in [0.15, 0.2) is 0 Å². The Bertz CT molecular complexity index is 1160. The number of aromatic carboxylic acids is 1. The lowest BCUT2D eigenvalue weighted by Crippen LogP contribution is -2.28. The molecule has 2 aromatic heterocycles. The molecule has 2 aromatic rings. The average molecular weight is 441 g/mol. The summed E-state index contributed by atoms with van der Waals surface area (Å²) in [5, 5.41) is 10.2. The highest BCUT2D eigenvalue weighted by Crippen LogP contribution is 2.39. The normalized spacial score (nSPS) is 17.5. The van der Waals surface area contributed by atoms with Crippen LogP contribution in [0.2, 0.25) is 0 Å².